The van der Waals surface area contributed by atoms with Gasteiger partial charge in [-0.1, -0.05) is 0 Å². The van der Waals surface area contributed by atoms with Crippen LogP contribution in [0.1, 0.15) is 18.2 Å². The molecule has 0 bridgehead atoms. The van der Waals surface area contributed by atoms with E-state index in [0.29, 0.717) is 11.4 Å². The number of anilines is 1. The van der Waals surface area contributed by atoms with E-state index in [0.717, 1.165) is 18.1 Å². The molecular weight excluding hydrogens is 368 g/mol. The van der Waals surface area contributed by atoms with Crippen molar-refractivity contribution in [3.05, 3.63) is 60.0 Å². The molecule has 3 rings (SSSR count). The van der Waals surface area contributed by atoms with Gasteiger partial charge in [0.1, 0.15) is 5.65 Å². The number of nitrogens with one attached hydrogen (secondary N) is 2. The van der Waals surface area contributed by atoms with Gasteiger partial charge in [-0.15, -0.1) is 0 Å². The molecule has 27 heavy (non-hydrogen) atoms. The molecule has 140 valence electrons. The van der Waals surface area contributed by atoms with Gasteiger partial charge in [0, 0.05) is 25.0 Å². The van der Waals surface area contributed by atoms with Gasteiger partial charge in [-0.3, -0.25) is 9.59 Å². The van der Waals surface area contributed by atoms with Crippen molar-refractivity contribution in [2.45, 2.75) is 25.2 Å². The summed E-state index contributed by atoms with van der Waals surface area (Å²) in [5.74, 6) is -0.942. The molecule has 2 amide bonds. The van der Waals surface area contributed by atoms with E-state index in [1.54, 1.807) is 6.20 Å². The number of nitrogens with zero attached hydrogens (tertiary/aromatic N) is 2. The van der Waals surface area contributed by atoms with Gasteiger partial charge in [-0.2, -0.15) is 0 Å². The number of aromatic nitrogens is 2. The van der Waals surface area contributed by atoms with Crippen LogP contribution in [0.5, 0.6) is 0 Å². The van der Waals surface area contributed by atoms with Crippen LogP contribution in [0, 0.1) is 6.92 Å². The molecule has 1 aromatic carbocycles. The van der Waals surface area contributed by atoms with Gasteiger partial charge in [0.25, 0.3) is 10.0 Å². The van der Waals surface area contributed by atoms with E-state index >= 15 is 0 Å². The van der Waals surface area contributed by atoms with Crippen LogP contribution in [0.25, 0.3) is 5.65 Å². The monoisotopic (exact) mass is 386 g/mol. The molecule has 0 radical (unpaired) electrons. The van der Waals surface area contributed by atoms with Gasteiger partial charge in [0.15, 0.2) is 0 Å². The number of benzene rings is 1. The van der Waals surface area contributed by atoms with Crippen molar-refractivity contribution in [2.75, 3.05) is 5.32 Å². The lowest BCUT2D eigenvalue weighted by Crippen LogP contribution is -2.28. The fourth-order valence-electron chi connectivity index (χ4n) is 2.56. The van der Waals surface area contributed by atoms with E-state index in [1.165, 1.54) is 24.3 Å². The molecule has 9 heteroatoms. The average Bonchev–Trinajstić information content (AvgIpc) is 2.95. The Balaban J connectivity index is 1.67. The number of carbonyl (C=O) groups excluding carboxylic acids is 2. The normalized spacial score (nSPS) is 11.3. The second kappa shape index (κ2) is 7.20. The standard InChI is InChI=1S/C18H18N4O4S/c1-12-7-8-22-11-15(19-17(22)9-12)10-18(24)20-14-3-5-16(6-4-14)27(25,26)21-13(2)23/h3-9,11H,10H2,1-2H3,(H,20,24)(H,21,23). The highest BCUT2D eigenvalue weighted by Crippen LogP contribution is 2.15. The first-order valence-corrected chi connectivity index (χ1v) is 9.59. The first-order chi connectivity index (χ1) is 12.7. The van der Waals surface area contributed by atoms with Gasteiger partial charge in [0.2, 0.25) is 11.8 Å². The van der Waals surface area contributed by atoms with Crippen LogP contribution in [0.3, 0.4) is 0 Å². The summed E-state index contributed by atoms with van der Waals surface area (Å²) in [6.45, 7) is 3.09. The summed E-state index contributed by atoms with van der Waals surface area (Å²) in [4.78, 5) is 27.5. The summed E-state index contributed by atoms with van der Waals surface area (Å²) in [7, 11) is -3.90. The Morgan fingerprint density at radius 2 is 1.85 bits per heavy atom. The van der Waals surface area contributed by atoms with Crippen LogP contribution in [0.4, 0.5) is 5.69 Å². The molecule has 0 saturated heterocycles. The molecule has 8 nitrogen and oxygen atoms in total. The Labute approximate surface area is 156 Å². The summed E-state index contributed by atoms with van der Waals surface area (Å²) in [5, 5.41) is 2.70. The van der Waals surface area contributed by atoms with E-state index in [-0.39, 0.29) is 17.2 Å². The van der Waals surface area contributed by atoms with Crippen LogP contribution < -0.4 is 10.0 Å². The highest BCUT2D eigenvalue weighted by Gasteiger charge is 2.15. The van der Waals surface area contributed by atoms with E-state index < -0.39 is 15.9 Å². The molecule has 0 saturated carbocycles. The Morgan fingerprint density at radius 3 is 2.52 bits per heavy atom. The van der Waals surface area contributed by atoms with Crippen molar-refractivity contribution in [3.63, 3.8) is 0 Å². The quantitative estimate of drug-likeness (QED) is 0.693. The fraction of sp³-hybridized carbons (Fsp3) is 0.167. The van der Waals surface area contributed by atoms with Crippen molar-refractivity contribution in [1.82, 2.24) is 14.1 Å². The van der Waals surface area contributed by atoms with Crippen molar-refractivity contribution in [2.24, 2.45) is 0 Å². The third kappa shape index (κ3) is 4.50. The number of fused-ring (bicyclic) bond motifs is 1. The summed E-state index contributed by atoms with van der Waals surface area (Å²) in [6.07, 6.45) is 3.76. The topological polar surface area (TPSA) is 110 Å². The number of carbonyl (C=O) groups is 2. The van der Waals surface area contributed by atoms with E-state index in [4.69, 9.17) is 0 Å². The minimum atomic E-state index is -3.90. The predicted octanol–water partition coefficient (Wildman–Crippen LogP) is 1.65. The zero-order valence-corrected chi connectivity index (χ0v) is 15.6. The SMILES string of the molecule is CC(=O)NS(=O)(=O)c1ccc(NC(=O)Cc2cn3ccc(C)cc3n2)cc1. The smallest absolute Gasteiger partial charge is 0.264 e. The van der Waals surface area contributed by atoms with Gasteiger partial charge < -0.3 is 9.72 Å². The lowest BCUT2D eigenvalue weighted by atomic mass is 10.3. The van der Waals surface area contributed by atoms with E-state index in [1.807, 2.05) is 34.4 Å². The number of amides is 2. The van der Waals surface area contributed by atoms with Crippen LogP contribution >= 0.6 is 0 Å². The molecule has 0 aliphatic rings. The highest BCUT2D eigenvalue weighted by molar-refractivity contribution is 7.90. The van der Waals surface area contributed by atoms with Crippen LogP contribution in [0.2, 0.25) is 0 Å². The molecular formula is C18H18N4O4S. The summed E-state index contributed by atoms with van der Waals surface area (Å²) in [6, 6.07) is 9.42. The summed E-state index contributed by atoms with van der Waals surface area (Å²) >= 11 is 0. The molecule has 2 aromatic heterocycles. The third-order valence-electron chi connectivity index (χ3n) is 3.73. The first-order valence-electron chi connectivity index (χ1n) is 8.10. The van der Waals surface area contributed by atoms with Gasteiger partial charge >= 0.3 is 0 Å². The first kappa shape index (κ1) is 18.6. The minimum Gasteiger partial charge on any atom is -0.326 e. The van der Waals surface area contributed by atoms with Gasteiger partial charge in [0.05, 0.1) is 17.0 Å². The van der Waals surface area contributed by atoms with Crippen molar-refractivity contribution < 1.29 is 18.0 Å². The van der Waals surface area contributed by atoms with E-state index in [2.05, 4.69) is 10.3 Å². The second-order valence-corrected chi connectivity index (χ2v) is 7.80. The maximum absolute atomic E-state index is 12.2. The highest BCUT2D eigenvalue weighted by atomic mass is 32.2. The fourth-order valence-corrected chi connectivity index (χ4v) is 3.55. The molecule has 0 spiro atoms. The zero-order valence-electron chi connectivity index (χ0n) is 14.8. The molecule has 0 aliphatic carbocycles. The minimum absolute atomic E-state index is 0.0635. The Hall–Kier alpha value is -3.20. The molecule has 0 unspecified atom stereocenters. The molecule has 2 heterocycles. The number of aryl methyl sites for hydroxylation is 1. The summed E-state index contributed by atoms with van der Waals surface area (Å²) in [5.41, 5.74) is 2.92. The van der Waals surface area contributed by atoms with Crippen molar-refractivity contribution >= 4 is 33.2 Å². The molecule has 3 aromatic rings. The van der Waals surface area contributed by atoms with Crippen LogP contribution in [-0.4, -0.2) is 29.6 Å². The van der Waals surface area contributed by atoms with Crippen molar-refractivity contribution in [1.29, 1.82) is 0 Å². The van der Waals surface area contributed by atoms with Gasteiger partial charge in [-0.05, 0) is 48.9 Å². The molecule has 0 aliphatic heterocycles. The number of hydrogen-bond donors (Lipinski definition) is 2. The molecule has 0 fully saturated rings. The number of rotatable bonds is 5. The predicted molar refractivity (Wildman–Crippen MR) is 99.7 cm³/mol. The zero-order chi connectivity index (χ0) is 19.6. The van der Waals surface area contributed by atoms with Crippen molar-refractivity contribution in [3.8, 4) is 0 Å². The number of imidazole rings is 1. The molecule has 0 atom stereocenters. The third-order valence-corrected chi connectivity index (χ3v) is 5.18. The largest absolute Gasteiger partial charge is 0.326 e. The maximum Gasteiger partial charge on any atom is 0.264 e. The summed E-state index contributed by atoms with van der Waals surface area (Å²) < 4.78 is 27.5. The van der Waals surface area contributed by atoms with Crippen LogP contribution in [-0.2, 0) is 26.0 Å². The van der Waals surface area contributed by atoms with Gasteiger partial charge in [-0.25, -0.2) is 18.1 Å². The number of sulfonamides is 1. The lowest BCUT2D eigenvalue weighted by Gasteiger charge is -2.07. The second-order valence-electron chi connectivity index (χ2n) is 6.11. The Bertz CT molecular complexity index is 1120. The van der Waals surface area contributed by atoms with Crippen LogP contribution in [0.15, 0.2) is 53.7 Å². The number of pyridine rings is 1. The maximum atomic E-state index is 12.2. The lowest BCUT2D eigenvalue weighted by molar-refractivity contribution is -0.117. The average molecular weight is 386 g/mol. The Kier molecular flexibility index (Phi) is 4.95. The Morgan fingerprint density at radius 1 is 1.15 bits per heavy atom. The molecule has 2 N–H and O–H groups in total. The number of hydrogen-bond acceptors (Lipinski definition) is 5. The van der Waals surface area contributed by atoms with E-state index in [9.17, 15) is 18.0 Å².